The first-order chi connectivity index (χ1) is 26.9. The van der Waals surface area contributed by atoms with Gasteiger partial charge in [0.25, 0.3) is 0 Å². The first-order valence-corrected chi connectivity index (χ1v) is 20.5. The third kappa shape index (κ3) is 5.22. The van der Waals surface area contributed by atoms with Crippen LogP contribution in [0.2, 0.25) is 0 Å². The molecule has 0 radical (unpaired) electrons. The van der Waals surface area contributed by atoms with E-state index in [-0.39, 0.29) is 5.41 Å². The predicted octanol–water partition coefficient (Wildman–Crippen LogP) is 13.0. The van der Waals surface area contributed by atoms with Gasteiger partial charge in [-0.05, 0) is 106 Å². The molecule has 10 rings (SSSR count). The number of fused-ring (bicyclic) bond motifs is 5. The molecule has 264 valence electrons. The number of hydrogen-bond acceptors (Lipinski definition) is 2. The SMILES string of the molecule is CC1(C)c2ccccc2N(c2ccc3c(c2)c2cc(-c4ccccc4)ccc2n3P(=O)(c2ccccc2)c2ccccc2)c2ccc(-c3ccccc3)cc21. The van der Waals surface area contributed by atoms with Crippen molar-refractivity contribution in [1.82, 2.24) is 4.34 Å². The fourth-order valence-electron chi connectivity index (χ4n) is 8.68. The number of aromatic nitrogens is 1. The van der Waals surface area contributed by atoms with Crippen molar-refractivity contribution in [3.05, 3.63) is 211 Å². The van der Waals surface area contributed by atoms with Gasteiger partial charge in [-0.15, -0.1) is 0 Å². The van der Waals surface area contributed by atoms with Crippen LogP contribution in [0.25, 0.3) is 44.1 Å². The van der Waals surface area contributed by atoms with Gasteiger partial charge in [-0.2, -0.15) is 0 Å². The highest BCUT2D eigenvalue weighted by molar-refractivity contribution is 7.77. The van der Waals surface area contributed by atoms with Gasteiger partial charge in [0.15, 0.2) is 0 Å². The average molecular weight is 727 g/mol. The molecule has 0 unspecified atom stereocenters. The molecule has 0 saturated carbocycles. The Morgan fingerprint density at radius 2 is 0.891 bits per heavy atom. The summed E-state index contributed by atoms with van der Waals surface area (Å²) in [6.45, 7) is 4.67. The number of anilines is 3. The van der Waals surface area contributed by atoms with E-state index in [1.54, 1.807) is 0 Å². The van der Waals surface area contributed by atoms with Crippen molar-refractivity contribution in [3.8, 4) is 22.3 Å². The van der Waals surface area contributed by atoms with E-state index in [4.69, 9.17) is 0 Å². The molecule has 0 fully saturated rings. The van der Waals surface area contributed by atoms with Gasteiger partial charge in [0.05, 0.1) is 22.4 Å². The van der Waals surface area contributed by atoms with Crippen molar-refractivity contribution in [3.63, 3.8) is 0 Å². The molecule has 0 spiro atoms. The Kier molecular flexibility index (Phi) is 7.76. The van der Waals surface area contributed by atoms with Gasteiger partial charge in [0.2, 0.25) is 7.29 Å². The molecular weight excluding hydrogens is 688 g/mol. The van der Waals surface area contributed by atoms with Crippen molar-refractivity contribution < 1.29 is 4.57 Å². The summed E-state index contributed by atoms with van der Waals surface area (Å²) in [7, 11) is -3.41. The van der Waals surface area contributed by atoms with Gasteiger partial charge in [-0.3, -0.25) is 8.90 Å². The second kappa shape index (κ2) is 12.9. The minimum absolute atomic E-state index is 0.226. The molecule has 1 aliphatic rings. The molecule has 0 saturated heterocycles. The zero-order valence-electron chi connectivity index (χ0n) is 30.8. The Bertz CT molecular complexity index is 2870. The molecule has 4 heteroatoms. The van der Waals surface area contributed by atoms with Crippen molar-refractivity contribution >= 4 is 56.8 Å². The number of nitrogens with zero attached hydrogens (tertiary/aromatic N) is 2. The summed E-state index contributed by atoms with van der Waals surface area (Å²) in [4.78, 5) is 2.42. The largest absolute Gasteiger partial charge is 0.310 e. The zero-order chi connectivity index (χ0) is 37.1. The van der Waals surface area contributed by atoms with Gasteiger partial charge < -0.3 is 4.90 Å². The highest BCUT2D eigenvalue weighted by Crippen LogP contribution is 2.55. The molecule has 55 heavy (non-hydrogen) atoms. The minimum Gasteiger partial charge on any atom is -0.310 e. The third-order valence-electron chi connectivity index (χ3n) is 11.4. The van der Waals surface area contributed by atoms with Gasteiger partial charge in [-0.25, -0.2) is 0 Å². The second-order valence-corrected chi connectivity index (χ2v) is 17.5. The first-order valence-electron chi connectivity index (χ1n) is 18.9. The van der Waals surface area contributed by atoms with Crippen LogP contribution in [-0.4, -0.2) is 4.34 Å². The Morgan fingerprint density at radius 1 is 0.418 bits per heavy atom. The monoisotopic (exact) mass is 726 g/mol. The molecular formula is C51H39N2OP. The van der Waals surface area contributed by atoms with E-state index < -0.39 is 7.29 Å². The lowest BCUT2D eigenvalue weighted by Crippen LogP contribution is -2.30. The van der Waals surface area contributed by atoms with Crippen LogP contribution in [0, 0.1) is 0 Å². The number of para-hydroxylation sites is 1. The molecule has 0 bridgehead atoms. The second-order valence-electron chi connectivity index (χ2n) is 14.9. The Labute approximate surface area is 322 Å². The fraction of sp³-hybridized carbons (Fsp3) is 0.0588. The number of benzene rings is 8. The normalized spacial score (nSPS) is 13.5. The fourth-order valence-corrected chi connectivity index (χ4v) is 11.5. The lowest BCUT2D eigenvalue weighted by molar-refractivity contribution is 0.583. The average Bonchev–Trinajstić information content (AvgIpc) is 3.58. The number of rotatable bonds is 6. The lowest BCUT2D eigenvalue weighted by Gasteiger charge is -2.42. The van der Waals surface area contributed by atoms with Crippen LogP contribution in [0.15, 0.2) is 200 Å². The van der Waals surface area contributed by atoms with E-state index in [1.165, 1.54) is 27.9 Å². The van der Waals surface area contributed by atoms with Gasteiger partial charge in [0.1, 0.15) is 0 Å². The highest BCUT2D eigenvalue weighted by Gasteiger charge is 2.38. The standard InChI is InChI=1S/C51H39N2OP/c1-51(2)45-25-15-16-26-49(45)52(50-31-28-39(34-46(50)51)37-19-9-4-10-20-37)40-29-32-48-44(35-40)43-33-38(36-17-7-3-8-18-36)27-30-47(43)53(48)55(54,41-21-11-5-12-22-41)42-23-13-6-14-24-42/h3-35H,1-2H3. The van der Waals surface area contributed by atoms with Crippen LogP contribution in [-0.2, 0) is 9.98 Å². The topological polar surface area (TPSA) is 25.2 Å². The molecule has 0 amide bonds. The maximum atomic E-state index is 16.1. The van der Waals surface area contributed by atoms with Crippen molar-refractivity contribution in [2.24, 2.45) is 0 Å². The molecule has 1 aromatic heterocycles. The van der Waals surface area contributed by atoms with Gasteiger partial charge >= 0.3 is 0 Å². The summed E-state index contributed by atoms with van der Waals surface area (Å²) in [5, 5.41) is 3.72. The highest BCUT2D eigenvalue weighted by atomic mass is 31.2. The molecule has 8 aromatic carbocycles. The van der Waals surface area contributed by atoms with Crippen molar-refractivity contribution in [2.45, 2.75) is 19.3 Å². The molecule has 1 aliphatic heterocycles. The summed E-state index contributed by atoms with van der Waals surface area (Å²) in [5.74, 6) is 0. The molecule has 0 N–H and O–H groups in total. The van der Waals surface area contributed by atoms with E-state index in [1.807, 2.05) is 60.7 Å². The van der Waals surface area contributed by atoms with E-state index in [0.717, 1.165) is 54.9 Å². The predicted molar refractivity (Wildman–Crippen MR) is 232 cm³/mol. The molecule has 3 nitrogen and oxygen atoms in total. The summed E-state index contributed by atoms with van der Waals surface area (Å²) in [5.41, 5.74) is 12.3. The maximum Gasteiger partial charge on any atom is 0.234 e. The Balaban J connectivity index is 1.26. The maximum absolute atomic E-state index is 16.1. The number of hydrogen-bond donors (Lipinski definition) is 0. The van der Waals surface area contributed by atoms with Crippen molar-refractivity contribution in [1.29, 1.82) is 0 Å². The van der Waals surface area contributed by atoms with Crippen LogP contribution in [0.4, 0.5) is 17.1 Å². The van der Waals surface area contributed by atoms with Crippen LogP contribution >= 0.6 is 7.29 Å². The lowest BCUT2D eigenvalue weighted by atomic mass is 9.73. The van der Waals surface area contributed by atoms with Gasteiger partial charge in [0, 0.05) is 32.5 Å². The summed E-state index contributed by atoms with van der Waals surface area (Å²) < 4.78 is 18.3. The smallest absolute Gasteiger partial charge is 0.234 e. The quantitative estimate of drug-likeness (QED) is 0.159. The minimum atomic E-state index is -3.41. The van der Waals surface area contributed by atoms with Crippen molar-refractivity contribution in [2.75, 3.05) is 4.90 Å². The molecule has 9 aromatic rings. The summed E-state index contributed by atoms with van der Waals surface area (Å²) in [6, 6.07) is 70.1. The molecule has 2 heterocycles. The molecule has 0 aliphatic carbocycles. The van der Waals surface area contributed by atoms with Gasteiger partial charge in [-0.1, -0.05) is 141 Å². The Hall–Kier alpha value is -6.41. The van der Waals surface area contributed by atoms with E-state index in [2.05, 4.69) is 163 Å². The van der Waals surface area contributed by atoms with E-state index >= 15 is 4.57 Å². The van der Waals surface area contributed by atoms with Crippen LogP contribution in [0.1, 0.15) is 25.0 Å². The van der Waals surface area contributed by atoms with Crippen LogP contribution < -0.4 is 15.5 Å². The Morgan fingerprint density at radius 3 is 1.51 bits per heavy atom. The first kappa shape index (κ1) is 33.2. The molecule has 0 atom stereocenters. The van der Waals surface area contributed by atoms with E-state index in [9.17, 15) is 0 Å². The van der Waals surface area contributed by atoms with Crippen LogP contribution in [0.3, 0.4) is 0 Å². The summed E-state index contributed by atoms with van der Waals surface area (Å²) >= 11 is 0. The van der Waals surface area contributed by atoms with E-state index in [0.29, 0.717) is 0 Å². The third-order valence-corrected chi connectivity index (χ3v) is 14.4. The van der Waals surface area contributed by atoms with Crippen LogP contribution in [0.5, 0.6) is 0 Å². The summed E-state index contributed by atoms with van der Waals surface area (Å²) in [6.07, 6.45) is 0. The zero-order valence-corrected chi connectivity index (χ0v) is 31.7.